The molecule has 1 rings (SSSR count). The van der Waals surface area contributed by atoms with Gasteiger partial charge in [-0.15, -0.1) is 0 Å². The van der Waals surface area contributed by atoms with Gasteiger partial charge >= 0.3 is 5.97 Å². The molecule has 0 fully saturated rings. The van der Waals surface area contributed by atoms with Crippen molar-refractivity contribution in [3.05, 3.63) is 18.2 Å². The number of carboxylic acid groups (broad SMARTS) is 1. The number of hydrogen-bond acceptors (Lipinski definition) is 3. The number of carboxylic acids is 1. The highest BCUT2D eigenvalue weighted by Crippen LogP contribution is 2.00. The number of rotatable bonds is 4. The van der Waals surface area contributed by atoms with Crippen LogP contribution in [0, 0.1) is 0 Å². The number of carbonyl (C=O) groups excluding carboxylic acids is 1. The summed E-state index contributed by atoms with van der Waals surface area (Å²) < 4.78 is 1.72. The average molecular weight is 211 g/mol. The van der Waals surface area contributed by atoms with Gasteiger partial charge in [0.1, 0.15) is 6.04 Å². The van der Waals surface area contributed by atoms with Crippen LogP contribution < -0.4 is 5.32 Å². The van der Waals surface area contributed by atoms with E-state index in [4.69, 9.17) is 5.11 Å². The van der Waals surface area contributed by atoms with E-state index in [1.165, 1.54) is 6.92 Å². The minimum Gasteiger partial charge on any atom is -0.480 e. The molecule has 0 aliphatic carbocycles. The van der Waals surface area contributed by atoms with Crippen molar-refractivity contribution < 1.29 is 14.7 Å². The number of aryl methyl sites for hydroxylation is 1. The second-order valence-electron chi connectivity index (χ2n) is 3.33. The van der Waals surface area contributed by atoms with Gasteiger partial charge in [-0.2, -0.15) is 0 Å². The van der Waals surface area contributed by atoms with Crippen molar-refractivity contribution in [1.29, 1.82) is 0 Å². The molecule has 0 bridgehead atoms. The maximum Gasteiger partial charge on any atom is 0.326 e. The normalized spacial score (nSPS) is 12.1. The Bertz CT molecular complexity index is 372. The molecule has 0 aromatic carbocycles. The van der Waals surface area contributed by atoms with Gasteiger partial charge in [0.05, 0.1) is 12.0 Å². The highest BCUT2D eigenvalue weighted by Gasteiger charge is 2.19. The summed E-state index contributed by atoms with van der Waals surface area (Å²) in [7, 11) is 1.80. The van der Waals surface area contributed by atoms with E-state index in [-0.39, 0.29) is 12.3 Å². The van der Waals surface area contributed by atoms with E-state index in [0.717, 1.165) is 0 Å². The van der Waals surface area contributed by atoms with Gasteiger partial charge in [0.15, 0.2) is 0 Å². The summed E-state index contributed by atoms with van der Waals surface area (Å²) >= 11 is 0. The summed E-state index contributed by atoms with van der Waals surface area (Å²) in [5, 5.41) is 11.2. The van der Waals surface area contributed by atoms with E-state index in [1.807, 2.05) is 0 Å². The smallest absolute Gasteiger partial charge is 0.326 e. The van der Waals surface area contributed by atoms with Crippen LogP contribution in [-0.2, 0) is 23.1 Å². The molecule has 0 aliphatic rings. The molecule has 0 saturated carbocycles. The standard InChI is InChI=1S/C9H13N3O3/c1-6(13)11-8(9(14)15)3-7-4-12(2)5-10-7/h4-5,8H,3H2,1-2H3,(H,11,13)(H,14,15)/t8-/m1/s1. The third kappa shape index (κ3) is 3.41. The quantitative estimate of drug-likeness (QED) is 0.706. The van der Waals surface area contributed by atoms with E-state index in [9.17, 15) is 9.59 Å². The number of nitrogens with one attached hydrogen (secondary N) is 1. The van der Waals surface area contributed by atoms with Gasteiger partial charge in [-0.1, -0.05) is 0 Å². The van der Waals surface area contributed by atoms with Crippen LogP contribution in [0.5, 0.6) is 0 Å². The van der Waals surface area contributed by atoms with Crippen LogP contribution in [0.2, 0.25) is 0 Å². The average Bonchev–Trinajstić information content (AvgIpc) is 2.49. The third-order valence-electron chi connectivity index (χ3n) is 1.85. The second kappa shape index (κ2) is 4.59. The molecule has 1 aromatic heterocycles. The lowest BCUT2D eigenvalue weighted by Crippen LogP contribution is -2.41. The summed E-state index contributed by atoms with van der Waals surface area (Å²) in [6.45, 7) is 1.29. The van der Waals surface area contributed by atoms with Crippen molar-refractivity contribution >= 4 is 11.9 Å². The molecule has 6 heteroatoms. The van der Waals surface area contributed by atoms with Crippen LogP contribution in [0.1, 0.15) is 12.6 Å². The molecule has 2 N–H and O–H groups in total. The fourth-order valence-corrected chi connectivity index (χ4v) is 1.23. The first-order valence-electron chi connectivity index (χ1n) is 4.46. The Labute approximate surface area is 86.9 Å². The Hall–Kier alpha value is -1.85. The lowest BCUT2D eigenvalue weighted by atomic mass is 10.1. The van der Waals surface area contributed by atoms with Crippen molar-refractivity contribution in [3.8, 4) is 0 Å². The summed E-state index contributed by atoms with van der Waals surface area (Å²) in [6, 6.07) is -0.919. The van der Waals surface area contributed by atoms with Gasteiger partial charge in [0, 0.05) is 26.6 Å². The largest absolute Gasteiger partial charge is 0.480 e. The topological polar surface area (TPSA) is 84.2 Å². The minimum atomic E-state index is -1.06. The first-order valence-corrected chi connectivity index (χ1v) is 4.46. The first kappa shape index (κ1) is 11.2. The number of aromatic nitrogens is 2. The highest BCUT2D eigenvalue weighted by atomic mass is 16.4. The Morgan fingerprint density at radius 3 is 2.73 bits per heavy atom. The molecule has 1 aromatic rings. The molecular formula is C9H13N3O3. The van der Waals surface area contributed by atoms with E-state index in [0.29, 0.717) is 5.69 Å². The van der Waals surface area contributed by atoms with Crippen molar-refractivity contribution in [2.45, 2.75) is 19.4 Å². The fourth-order valence-electron chi connectivity index (χ4n) is 1.23. The van der Waals surface area contributed by atoms with Crippen molar-refractivity contribution in [2.24, 2.45) is 7.05 Å². The van der Waals surface area contributed by atoms with Crippen molar-refractivity contribution in [2.75, 3.05) is 0 Å². The number of amides is 1. The Morgan fingerprint density at radius 2 is 2.33 bits per heavy atom. The third-order valence-corrected chi connectivity index (χ3v) is 1.85. The van der Waals surface area contributed by atoms with E-state index in [1.54, 1.807) is 24.1 Å². The summed E-state index contributed by atoms with van der Waals surface area (Å²) in [4.78, 5) is 25.5. The predicted octanol–water partition coefficient (Wildman–Crippen LogP) is -0.448. The number of imidazole rings is 1. The van der Waals surface area contributed by atoms with E-state index in [2.05, 4.69) is 10.3 Å². The molecule has 82 valence electrons. The monoisotopic (exact) mass is 211 g/mol. The molecule has 0 saturated heterocycles. The summed E-state index contributed by atoms with van der Waals surface area (Å²) in [5.41, 5.74) is 0.638. The molecule has 1 heterocycles. The van der Waals surface area contributed by atoms with Gasteiger partial charge in [0.2, 0.25) is 5.91 Å². The molecule has 0 aliphatic heterocycles. The molecule has 0 unspecified atom stereocenters. The lowest BCUT2D eigenvalue weighted by molar-refractivity contribution is -0.141. The number of nitrogens with zero attached hydrogens (tertiary/aromatic N) is 2. The van der Waals surface area contributed by atoms with Crippen LogP contribution in [0.3, 0.4) is 0 Å². The summed E-state index contributed by atoms with van der Waals surface area (Å²) in [5.74, 6) is -1.42. The van der Waals surface area contributed by atoms with Gasteiger partial charge in [-0.3, -0.25) is 4.79 Å². The minimum absolute atomic E-state index is 0.190. The SMILES string of the molecule is CC(=O)N[C@H](Cc1cn(C)cn1)C(=O)O. The zero-order chi connectivity index (χ0) is 11.4. The van der Waals surface area contributed by atoms with Crippen LogP contribution in [0.4, 0.5) is 0 Å². The predicted molar refractivity (Wildman–Crippen MR) is 52.2 cm³/mol. The van der Waals surface area contributed by atoms with E-state index >= 15 is 0 Å². The molecule has 0 spiro atoms. The van der Waals surface area contributed by atoms with Crippen LogP contribution >= 0.6 is 0 Å². The number of aliphatic carboxylic acids is 1. The van der Waals surface area contributed by atoms with Gasteiger partial charge in [0.25, 0.3) is 0 Å². The zero-order valence-corrected chi connectivity index (χ0v) is 8.60. The second-order valence-corrected chi connectivity index (χ2v) is 3.33. The molecular weight excluding hydrogens is 198 g/mol. The maximum absolute atomic E-state index is 10.8. The molecule has 1 atom stereocenters. The number of carbonyl (C=O) groups is 2. The molecule has 15 heavy (non-hydrogen) atoms. The van der Waals surface area contributed by atoms with Crippen LogP contribution in [0.25, 0.3) is 0 Å². The Kier molecular flexibility index (Phi) is 3.43. The molecule has 6 nitrogen and oxygen atoms in total. The number of hydrogen-bond donors (Lipinski definition) is 2. The highest BCUT2D eigenvalue weighted by molar-refractivity contribution is 5.82. The molecule has 0 radical (unpaired) electrons. The summed E-state index contributed by atoms with van der Waals surface area (Å²) in [6.07, 6.45) is 3.50. The van der Waals surface area contributed by atoms with Crippen molar-refractivity contribution in [3.63, 3.8) is 0 Å². The van der Waals surface area contributed by atoms with Gasteiger partial charge < -0.3 is 15.0 Å². The van der Waals surface area contributed by atoms with Crippen LogP contribution in [0.15, 0.2) is 12.5 Å². The zero-order valence-electron chi connectivity index (χ0n) is 8.60. The molecule has 1 amide bonds. The van der Waals surface area contributed by atoms with Gasteiger partial charge in [-0.05, 0) is 0 Å². The van der Waals surface area contributed by atoms with Crippen molar-refractivity contribution in [1.82, 2.24) is 14.9 Å². The van der Waals surface area contributed by atoms with Gasteiger partial charge in [-0.25, -0.2) is 9.78 Å². The maximum atomic E-state index is 10.8. The Morgan fingerprint density at radius 1 is 1.67 bits per heavy atom. The Balaban J connectivity index is 2.66. The first-order chi connectivity index (χ1) is 6.99. The fraction of sp³-hybridized carbons (Fsp3) is 0.444. The lowest BCUT2D eigenvalue weighted by Gasteiger charge is -2.11. The van der Waals surface area contributed by atoms with E-state index < -0.39 is 12.0 Å². The van der Waals surface area contributed by atoms with Crippen LogP contribution in [-0.4, -0.2) is 32.6 Å².